The maximum atomic E-state index is 13.0. The molecule has 0 radical (unpaired) electrons. The van der Waals surface area contributed by atoms with E-state index in [1.165, 1.54) is 23.5 Å². The van der Waals surface area contributed by atoms with Gasteiger partial charge in [-0.25, -0.2) is 8.42 Å². The lowest BCUT2D eigenvalue weighted by molar-refractivity contribution is -0.114. The molecule has 8 nitrogen and oxygen atoms in total. The van der Waals surface area contributed by atoms with Crippen molar-refractivity contribution in [3.63, 3.8) is 0 Å². The molecule has 172 valence electrons. The topological polar surface area (TPSA) is 97.0 Å². The molecule has 1 heterocycles. The number of amides is 1. The van der Waals surface area contributed by atoms with Crippen LogP contribution in [-0.2, 0) is 14.8 Å². The van der Waals surface area contributed by atoms with Crippen molar-refractivity contribution in [3.8, 4) is 11.5 Å². The summed E-state index contributed by atoms with van der Waals surface area (Å²) in [5.41, 5.74) is 1.43. The summed E-state index contributed by atoms with van der Waals surface area (Å²) >= 11 is 6.23. The Hall–Kier alpha value is -3.43. The standard InChI is InChI=1S/C23H22ClN3O5S/c1-27(17-7-3-2-4-8-17)33(29,30)18-9-5-6-16(12-18)25-15-23(28)26-20-14-22-21(13-19(20)24)31-10-11-32-22/h2-9,12-14,25H,10-11,15H2,1H3,(H,26,28). The molecule has 0 unspecified atom stereocenters. The second-order valence-corrected chi connectivity index (χ2v) is 9.59. The van der Waals surface area contributed by atoms with E-state index in [-0.39, 0.29) is 17.3 Å². The number of nitrogens with one attached hydrogen (secondary N) is 2. The van der Waals surface area contributed by atoms with E-state index in [0.717, 1.165) is 0 Å². The number of sulfonamides is 1. The van der Waals surface area contributed by atoms with Crippen molar-refractivity contribution in [2.24, 2.45) is 0 Å². The Morgan fingerprint density at radius 3 is 2.42 bits per heavy atom. The van der Waals surface area contributed by atoms with E-state index in [4.69, 9.17) is 21.1 Å². The number of anilines is 3. The van der Waals surface area contributed by atoms with Gasteiger partial charge in [-0.1, -0.05) is 35.9 Å². The molecular formula is C23H22ClN3O5S. The number of carbonyl (C=O) groups is 1. The van der Waals surface area contributed by atoms with Crippen LogP contribution in [0.25, 0.3) is 0 Å². The number of ether oxygens (including phenoxy) is 2. The van der Waals surface area contributed by atoms with E-state index < -0.39 is 10.0 Å². The van der Waals surface area contributed by atoms with Crippen molar-refractivity contribution in [1.29, 1.82) is 0 Å². The van der Waals surface area contributed by atoms with E-state index in [1.807, 2.05) is 6.07 Å². The molecule has 0 bridgehead atoms. The van der Waals surface area contributed by atoms with Crippen molar-refractivity contribution in [2.45, 2.75) is 4.90 Å². The number of fused-ring (bicyclic) bond motifs is 1. The van der Waals surface area contributed by atoms with Crippen LogP contribution in [0.1, 0.15) is 0 Å². The molecule has 10 heteroatoms. The fourth-order valence-electron chi connectivity index (χ4n) is 3.24. The second-order valence-electron chi connectivity index (χ2n) is 7.21. The van der Waals surface area contributed by atoms with Gasteiger partial charge in [0.05, 0.1) is 27.8 Å². The molecule has 0 saturated carbocycles. The van der Waals surface area contributed by atoms with Gasteiger partial charge in [0, 0.05) is 24.9 Å². The zero-order valence-corrected chi connectivity index (χ0v) is 19.3. The SMILES string of the molecule is CN(c1ccccc1)S(=O)(=O)c1cccc(NCC(=O)Nc2cc3c(cc2Cl)OCCO3)c1. The largest absolute Gasteiger partial charge is 0.486 e. The summed E-state index contributed by atoms with van der Waals surface area (Å²) in [5.74, 6) is 0.679. The lowest BCUT2D eigenvalue weighted by Gasteiger charge is -2.20. The first-order valence-electron chi connectivity index (χ1n) is 10.1. The fourth-order valence-corrected chi connectivity index (χ4v) is 4.68. The molecule has 0 atom stereocenters. The number of benzene rings is 3. The van der Waals surface area contributed by atoms with Crippen LogP contribution in [0.5, 0.6) is 11.5 Å². The molecule has 0 aliphatic carbocycles. The minimum atomic E-state index is -3.77. The maximum Gasteiger partial charge on any atom is 0.264 e. The predicted octanol–water partition coefficient (Wildman–Crippen LogP) is 3.99. The summed E-state index contributed by atoms with van der Waals surface area (Å²) in [6.45, 7) is 0.764. The first kappa shape index (κ1) is 22.8. The van der Waals surface area contributed by atoms with Crippen LogP contribution in [0, 0.1) is 0 Å². The van der Waals surface area contributed by atoms with Crippen molar-refractivity contribution in [2.75, 3.05) is 41.7 Å². The van der Waals surface area contributed by atoms with Crippen LogP contribution in [0.15, 0.2) is 71.6 Å². The molecule has 1 aliphatic rings. The highest BCUT2D eigenvalue weighted by Crippen LogP contribution is 2.38. The highest BCUT2D eigenvalue weighted by Gasteiger charge is 2.21. The predicted molar refractivity (Wildman–Crippen MR) is 128 cm³/mol. The van der Waals surface area contributed by atoms with Gasteiger partial charge >= 0.3 is 0 Å². The van der Waals surface area contributed by atoms with Gasteiger partial charge in [-0.2, -0.15) is 0 Å². The number of hydrogen-bond acceptors (Lipinski definition) is 6. The van der Waals surface area contributed by atoms with Crippen molar-refractivity contribution in [1.82, 2.24) is 0 Å². The van der Waals surface area contributed by atoms with Gasteiger partial charge < -0.3 is 20.1 Å². The third-order valence-corrected chi connectivity index (χ3v) is 7.07. The van der Waals surface area contributed by atoms with Gasteiger partial charge in [0.15, 0.2) is 11.5 Å². The van der Waals surface area contributed by atoms with Crippen LogP contribution in [0.3, 0.4) is 0 Å². The number of nitrogens with zero attached hydrogens (tertiary/aromatic N) is 1. The van der Waals surface area contributed by atoms with E-state index >= 15 is 0 Å². The molecule has 3 aromatic carbocycles. The Morgan fingerprint density at radius 1 is 1.00 bits per heavy atom. The third kappa shape index (κ3) is 5.15. The first-order valence-corrected chi connectivity index (χ1v) is 11.9. The Morgan fingerprint density at radius 2 is 1.70 bits per heavy atom. The van der Waals surface area contributed by atoms with Gasteiger partial charge in [-0.05, 0) is 30.3 Å². The van der Waals surface area contributed by atoms with Crippen molar-refractivity contribution < 1.29 is 22.7 Å². The zero-order chi connectivity index (χ0) is 23.4. The fraction of sp³-hybridized carbons (Fsp3) is 0.174. The summed E-state index contributed by atoms with van der Waals surface area (Å²) in [6, 6.07) is 18.3. The summed E-state index contributed by atoms with van der Waals surface area (Å²) in [5, 5.41) is 5.99. The van der Waals surface area contributed by atoms with Crippen molar-refractivity contribution in [3.05, 3.63) is 71.8 Å². The summed E-state index contributed by atoms with van der Waals surface area (Å²) in [7, 11) is -2.27. The molecule has 1 amide bonds. The molecule has 33 heavy (non-hydrogen) atoms. The second kappa shape index (κ2) is 9.60. The number of halogens is 1. The van der Waals surface area contributed by atoms with E-state index in [0.29, 0.717) is 46.8 Å². The minimum Gasteiger partial charge on any atom is -0.486 e. The van der Waals surface area contributed by atoms with Gasteiger partial charge in [-0.3, -0.25) is 9.10 Å². The number of rotatable bonds is 7. The minimum absolute atomic E-state index is 0.0944. The number of hydrogen-bond donors (Lipinski definition) is 2. The first-order chi connectivity index (χ1) is 15.8. The van der Waals surface area contributed by atoms with Crippen LogP contribution in [0.4, 0.5) is 17.1 Å². The quantitative estimate of drug-likeness (QED) is 0.523. The van der Waals surface area contributed by atoms with E-state index in [9.17, 15) is 13.2 Å². The van der Waals surface area contributed by atoms with Crippen molar-refractivity contribution >= 4 is 44.6 Å². The van der Waals surface area contributed by atoms with Crippen LogP contribution in [-0.4, -0.2) is 41.1 Å². The van der Waals surface area contributed by atoms with E-state index in [1.54, 1.807) is 48.5 Å². The summed E-state index contributed by atoms with van der Waals surface area (Å²) in [4.78, 5) is 12.6. The van der Waals surface area contributed by atoms with Gasteiger partial charge in [0.1, 0.15) is 13.2 Å². The molecule has 0 aromatic heterocycles. The Bertz CT molecular complexity index is 1270. The zero-order valence-electron chi connectivity index (χ0n) is 17.7. The van der Waals surface area contributed by atoms with Gasteiger partial charge in [0.2, 0.25) is 5.91 Å². The molecule has 0 fully saturated rings. The van der Waals surface area contributed by atoms with Gasteiger partial charge in [-0.15, -0.1) is 0 Å². The molecule has 0 spiro atoms. The molecule has 4 rings (SSSR count). The molecule has 1 aliphatic heterocycles. The Balaban J connectivity index is 1.42. The lowest BCUT2D eigenvalue weighted by atomic mass is 10.2. The highest BCUT2D eigenvalue weighted by atomic mass is 35.5. The normalized spacial score (nSPS) is 12.7. The van der Waals surface area contributed by atoms with Crippen LogP contribution < -0.4 is 24.4 Å². The highest BCUT2D eigenvalue weighted by molar-refractivity contribution is 7.92. The van der Waals surface area contributed by atoms with Crippen LogP contribution in [0.2, 0.25) is 5.02 Å². The Kier molecular flexibility index (Phi) is 6.62. The molecule has 2 N–H and O–H groups in total. The molecule has 0 saturated heterocycles. The summed E-state index contributed by atoms with van der Waals surface area (Å²) < 4.78 is 38.2. The number of carbonyl (C=O) groups excluding carboxylic acids is 1. The summed E-state index contributed by atoms with van der Waals surface area (Å²) in [6.07, 6.45) is 0. The average molecular weight is 488 g/mol. The third-order valence-electron chi connectivity index (χ3n) is 4.97. The van der Waals surface area contributed by atoms with Crippen LogP contribution >= 0.6 is 11.6 Å². The molecular weight excluding hydrogens is 466 g/mol. The maximum absolute atomic E-state index is 13.0. The molecule has 3 aromatic rings. The number of para-hydroxylation sites is 1. The smallest absolute Gasteiger partial charge is 0.264 e. The van der Waals surface area contributed by atoms with Gasteiger partial charge in [0.25, 0.3) is 10.0 Å². The van der Waals surface area contributed by atoms with E-state index in [2.05, 4.69) is 10.6 Å². The monoisotopic (exact) mass is 487 g/mol. The Labute approximate surface area is 197 Å². The lowest BCUT2D eigenvalue weighted by Crippen LogP contribution is -2.26. The average Bonchev–Trinajstić information content (AvgIpc) is 2.83.